The van der Waals surface area contributed by atoms with Gasteiger partial charge in [-0.15, -0.1) is 0 Å². The smallest absolute Gasteiger partial charge is 0.249 e. The summed E-state index contributed by atoms with van der Waals surface area (Å²) in [6, 6.07) is 0. The minimum absolute atomic E-state index is 0.0103. The van der Waals surface area contributed by atoms with Gasteiger partial charge in [0.15, 0.2) is 0 Å². The van der Waals surface area contributed by atoms with Crippen molar-refractivity contribution in [2.24, 2.45) is 5.73 Å². The molecule has 86 valence electrons. The molecule has 2 atom stereocenters. The Morgan fingerprint density at radius 1 is 1.53 bits per heavy atom. The van der Waals surface area contributed by atoms with E-state index in [9.17, 15) is 4.79 Å². The van der Waals surface area contributed by atoms with E-state index in [4.69, 9.17) is 10.5 Å². The zero-order chi connectivity index (χ0) is 10.9. The normalized spacial score (nSPS) is 33.5. The lowest BCUT2D eigenvalue weighted by molar-refractivity contribution is -0.132. The third-order valence-electron chi connectivity index (χ3n) is 3.49. The predicted octanol–water partition coefficient (Wildman–Crippen LogP) is 0.551. The van der Waals surface area contributed by atoms with E-state index >= 15 is 0 Å². The number of rotatable bonds is 3. The molecule has 0 spiro atoms. The first-order valence-electron chi connectivity index (χ1n) is 5.81. The van der Waals surface area contributed by atoms with E-state index in [-0.39, 0.29) is 23.7 Å². The van der Waals surface area contributed by atoms with Crippen LogP contribution in [0, 0.1) is 0 Å². The lowest BCUT2D eigenvalue weighted by Gasteiger charge is -2.38. The van der Waals surface area contributed by atoms with Crippen LogP contribution in [0.5, 0.6) is 0 Å². The van der Waals surface area contributed by atoms with Gasteiger partial charge in [-0.05, 0) is 39.0 Å². The first-order chi connectivity index (χ1) is 7.09. The van der Waals surface area contributed by atoms with E-state index in [1.54, 1.807) is 0 Å². The maximum absolute atomic E-state index is 11.7. The maximum atomic E-state index is 11.7. The highest BCUT2D eigenvalue weighted by Gasteiger charge is 2.34. The fourth-order valence-electron chi connectivity index (χ4n) is 2.18. The van der Waals surface area contributed by atoms with Crippen molar-refractivity contribution in [1.29, 1.82) is 0 Å². The number of carbonyl (C=O) groups is 1. The van der Waals surface area contributed by atoms with Crippen molar-refractivity contribution in [2.45, 2.75) is 56.8 Å². The van der Waals surface area contributed by atoms with Gasteiger partial charge in [0, 0.05) is 12.1 Å². The Bertz CT molecular complexity index is 251. The first-order valence-corrected chi connectivity index (χ1v) is 5.81. The van der Waals surface area contributed by atoms with Gasteiger partial charge in [0.1, 0.15) is 6.10 Å². The molecule has 15 heavy (non-hydrogen) atoms. The van der Waals surface area contributed by atoms with Gasteiger partial charge >= 0.3 is 0 Å². The van der Waals surface area contributed by atoms with Crippen molar-refractivity contribution in [3.8, 4) is 0 Å². The second-order valence-corrected chi connectivity index (χ2v) is 4.95. The number of hydrogen-bond donors (Lipinski definition) is 2. The maximum Gasteiger partial charge on any atom is 0.249 e. The molecule has 0 bridgehead atoms. The van der Waals surface area contributed by atoms with Crippen molar-refractivity contribution >= 4 is 5.91 Å². The number of ether oxygens (including phenoxy) is 1. The fourth-order valence-corrected chi connectivity index (χ4v) is 2.18. The van der Waals surface area contributed by atoms with E-state index in [1.807, 2.05) is 6.92 Å². The van der Waals surface area contributed by atoms with Gasteiger partial charge < -0.3 is 15.8 Å². The molecular weight excluding hydrogens is 192 g/mol. The van der Waals surface area contributed by atoms with E-state index < -0.39 is 0 Å². The van der Waals surface area contributed by atoms with Crippen LogP contribution in [-0.2, 0) is 9.53 Å². The summed E-state index contributed by atoms with van der Waals surface area (Å²) in [7, 11) is 0. The molecule has 1 aliphatic carbocycles. The molecule has 0 aromatic carbocycles. The van der Waals surface area contributed by atoms with Crippen LogP contribution in [-0.4, -0.2) is 30.2 Å². The summed E-state index contributed by atoms with van der Waals surface area (Å²) < 4.78 is 5.49. The highest BCUT2D eigenvalue weighted by atomic mass is 16.5. The molecule has 2 aliphatic rings. The SMILES string of the molecule is CC1CCC(C(=O)NCC2(N)CCC2)O1. The Balaban J connectivity index is 1.72. The molecule has 0 aromatic rings. The molecule has 4 heteroatoms. The van der Waals surface area contributed by atoms with Gasteiger partial charge in [0.05, 0.1) is 6.10 Å². The third kappa shape index (κ3) is 2.49. The Morgan fingerprint density at radius 2 is 2.27 bits per heavy atom. The minimum Gasteiger partial charge on any atom is -0.365 e. The van der Waals surface area contributed by atoms with Crippen LogP contribution in [0.1, 0.15) is 39.0 Å². The number of nitrogens with two attached hydrogens (primary N) is 1. The number of hydrogen-bond acceptors (Lipinski definition) is 3. The molecule has 4 nitrogen and oxygen atoms in total. The molecule has 1 saturated heterocycles. The summed E-state index contributed by atoms with van der Waals surface area (Å²) >= 11 is 0. The highest BCUT2D eigenvalue weighted by Crippen LogP contribution is 2.28. The number of amides is 1. The average molecular weight is 212 g/mol. The topological polar surface area (TPSA) is 64.4 Å². The Morgan fingerprint density at radius 3 is 2.73 bits per heavy atom. The Hall–Kier alpha value is -0.610. The summed E-state index contributed by atoms with van der Waals surface area (Å²) in [5, 5.41) is 2.90. The standard InChI is InChI=1S/C11H20N2O2/c1-8-3-4-9(15-8)10(14)13-7-11(12)5-2-6-11/h8-9H,2-7,12H2,1H3,(H,13,14). The van der Waals surface area contributed by atoms with E-state index in [0.717, 1.165) is 25.7 Å². The summed E-state index contributed by atoms with van der Waals surface area (Å²) in [6.07, 6.45) is 5.02. The van der Waals surface area contributed by atoms with Crippen LogP contribution in [0.4, 0.5) is 0 Å². The van der Waals surface area contributed by atoms with Crippen LogP contribution >= 0.6 is 0 Å². The average Bonchev–Trinajstić information content (AvgIpc) is 2.58. The van der Waals surface area contributed by atoms with Crippen molar-refractivity contribution in [3.05, 3.63) is 0 Å². The Kier molecular flexibility index (Phi) is 2.98. The quantitative estimate of drug-likeness (QED) is 0.718. The molecule has 0 aromatic heterocycles. The fraction of sp³-hybridized carbons (Fsp3) is 0.909. The predicted molar refractivity (Wildman–Crippen MR) is 57.3 cm³/mol. The van der Waals surface area contributed by atoms with Crippen LogP contribution in [0.25, 0.3) is 0 Å². The molecule has 1 amide bonds. The van der Waals surface area contributed by atoms with Gasteiger partial charge in [-0.3, -0.25) is 4.79 Å². The van der Waals surface area contributed by atoms with Crippen molar-refractivity contribution in [2.75, 3.05) is 6.54 Å². The summed E-state index contributed by atoms with van der Waals surface area (Å²) in [5.74, 6) is 0.0103. The van der Waals surface area contributed by atoms with Crippen LogP contribution < -0.4 is 11.1 Å². The molecular formula is C11H20N2O2. The van der Waals surface area contributed by atoms with Gasteiger partial charge in [0.2, 0.25) is 5.91 Å². The van der Waals surface area contributed by atoms with Crippen molar-refractivity contribution < 1.29 is 9.53 Å². The molecule has 2 rings (SSSR count). The molecule has 0 radical (unpaired) electrons. The molecule has 1 aliphatic heterocycles. The van der Waals surface area contributed by atoms with E-state index in [0.29, 0.717) is 6.54 Å². The second kappa shape index (κ2) is 4.10. The van der Waals surface area contributed by atoms with Gasteiger partial charge in [-0.2, -0.15) is 0 Å². The molecule has 3 N–H and O–H groups in total. The van der Waals surface area contributed by atoms with Gasteiger partial charge in [0.25, 0.3) is 0 Å². The largest absolute Gasteiger partial charge is 0.365 e. The first kappa shape index (κ1) is 10.9. The van der Waals surface area contributed by atoms with E-state index in [1.165, 1.54) is 6.42 Å². The highest BCUT2D eigenvalue weighted by molar-refractivity contribution is 5.81. The summed E-state index contributed by atoms with van der Waals surface area (Å²) in [6.45, 7) is 2.60. The second-order valence-electron chi connectivity index (χ2n) is 4.95. The monoisotopic (exact) mass is 212 g/mol. The third-order valence-corrected chi connectivity index (χ3v) is 3.49. The molecule has 2 fully saturated rings. The van der Waals surface area contributed by atoms with E-state index in [2.05, 4.69) is 5.32 Å². The number of carbonyl (C=O) groups excluding carboxylic acids is 1. The number of nitrogens with one attached hydrogen (secondary N) is 1. The zero-order valence-corrected chi connectivity index (χ0v) is 9.29. The van der Waals surface area contributed by atoms with Crippen LogP contribution in [0.15, 0.2) is 0 Å². The van der Waals surface area contributed by atoms with Gasteiger partial charge in [-0.1, -0.05) is 0 Å². The molecule has 2 unspecified atom stereocenters. The zero-order valence-electron chi connectivity index (χ0n) is 9.29. The summed E-state index contributed by atoms with van der Waals surface area (Å²) in [5.41, 5.74) is 5.88. The minimum atomic E-state index is -0.247. The summed E-state index contributed by atoms with van der Waals surface area (Å²) in [4.78, 5) is 11.7. The van der Waals surface area contributed by atoms with Crippen LogP contribution in [0.3, 0.4) is 0 Å². The Labute approximate surface area is 90.5 Å². The van der Waals surface area contributed by atoms with Crippen molar-refractivity contribution in [3.63, 3.8) is 0 Å². The van der Waals surface area contributed by atoms with Crippen molar-refractivity contribution in [1.82, 2.24) is 5.32 Å². The lowest BCUT2D eigenvalue weighted by atomic mass is 9.78. The van der Waals surface area contributed by atoms with Crippen LogP contribution in [0.2, 0.25) is 0 Å². The van der Waals surface area contributed by atoms with Gasteiger partial charge in [-0.25, -0.2) is 0 Å². The molecule has 1 saturated carbocycles. The lowest BCUT2D eigenvalue weighted by Crippen LogP contribution is -2.56. The molecule has 1 heterocycles.